The van der Waals surface area contributed by atoms with Gasteiger partial charge in [0.25, 0.3) is 0 Å². The van der Waals surface area contributed by atoms with Crippen molar-refractivity contribution in [2.75, 3.05) is 44.6 Å². The Labute approximate surface area is 221 Å². The van der Waals surface area contributed by atoms with Gasteiger partial charge in [0.15, 0.2) is 5.75 Å². The maximum atomic E-state index is 12.8. The SMILES string of the molecule is C.CCOc1cc(NC2CCN(C(=O)CCN3CCC(c4ccc(C)cc4)CC3)CC2)ccc1[N+](=O)[O-]. The lowest BCUT2D eigenvalue weighted by molar-refractivity contribution is -0.385. The molecule has 8 heteroatoms. The van der Waals surface area contributed by atoms with E-state index in [0.29, 0.717) is 18.9 Å². The molecular weight excluding hydrogens is 468 g/mol. The highest BCUT2D eigenvalue weighted by Crippen LogP contribution is 2.31. The molecule has 2 saturated heterocycles. The van der Waals surface area contributed by atoms with Gasteiger partial charge in [-0.25, -0.2) is 0 Å². The lowest BCUT2D eigenvalue weighted by Gasteiger charge is -2.35. The molecule has 0 aromatic heterocycles. The summed E-state index contributed by atoms with van der Waals surface area (Å²) < 4.78 is 5.45. The van der Waals surface area contributed by atoms with E-state index in [2.05, 4.69) is 41.4 Å². The van der Waals surface area contributed by atoms with E-state index in [9.17, 15) is 14.9 Å². The lowest BCUT2D eigenvalue weighted by Crippen LogP contribution is -2.43. The van der Waals surface area contributed by atoms with Gasteiger partial charge < -0.3 is 19.9 Å². The molecule has 202 valence electrons. The number of likely N-dealkylation sites (tertiary alicyclic amines) is 2. The highest BCUT2D eigenvalue weighted by atomic mass is 16.6. The van der Waals surface area contributed by atoms with Gasteiger partial charge in [0, 0.05) is 49.9 Å². The molecule has 37 heavy (non-hydrogen) atoms. The van der Waals surface area contributed by atoms with E-state index in [1.807, 2.05) is 11.8 Å². The molecule has 0 saturated carbocycles. The van der Waals surface area contributed by atoms with Gasteiger partial charge >= 0.3 is 5.69 Å². The van der Waals surface area contributed by atoms with Crippen LogP contribution >= 0.6 is 0 Å². The summed E-state index contributed by atoms with van der Waals surface area (Å²) >= 11 is 0. The number of hydrogen-bond acceptors (Lipinski definition) is 6. The minimum atomic E-state index is -0.425. The van der Waals surface area contributed by atoms with Crippen LogP contribution in [-0.2, 0) is 4.79 Å². The Morgan fingerprint density at radius 3 is 2.35 bits per heavy atom. The van der Waals surface area contributed by atoms with E-state index in [-0.39, 0.29) is 30.8 Å². The second-order valence-electron chi connectivity index (χ2n) is 9.95. The zero-order valence-corrected chi connectivity index (χ0v) is 21.4. The number of piperidine rings is 2. The maximum Gasteiger partial charge on any atom is 0.311 e. The fourth-order valence-corrected chi connectivity index (χ4v) is 5.28. The van der Waals surface area contributed by atoms with Gasteiger partial charge in [0.1, 0.15) is 0 Å². The average molecular weight is 511 g/mol. The van der Waals surface area contributed by atoms with Gasteiger partial charge in [-0.2, -0.15) is 0 Å². The van der Waals surface area contributed by atoms with Crippen LogP contribution in [-0.4, -0.2) is 66.0 Å². The Morgan fingerprint density at radius 2 is 1.73 bits per heavy atom. The predicted octanol–water partition coefficient (Wildman–Crippen LogP) is 5.61. The molecule has 2 aliphatic heterocycles. The van der Waals surface area contributed by atoms with Crippen LogP contribution in [0, 0.1) is 17.0 Å². The second kappa shape index (κ2) is 13.4. The first-order chi connectivity index (χ1) is 17.4. The van der Waals surface area contributed by atoms with Crippen LogP contribution in [0.1, 0.15) is 63.5 Å². The topological polar surface area (TPSA) is 88.0 Å². The molecule has 2 aliphatic rings. The summed E-state index contributed by atoms with van der Waals surface area (Å²) in [6.45, 7) is 8.71. The molecule has 0 atom stereocenters. The molecule has 1 amide bonds. The second-order valence-corrected chi connectivity index (χ2v) is 9.95. The molecule has 0 radical (unpaired) electrons. The monoisotopic (exact) mass is 510 g/mol. The molecule has 2 heterocycles. The van der Waals surface area contributed by atoms with Crippen molar-refractivity contribution < 1.29 is 14.5 Å². The number of nitrogens with zero attached hydrogens (tertiary/aromatic N) is 3. The maximum absolute atomic E-state index is 12.8. The van der Waals surface area contributed by atoms with Crippen molar-refractivity contribution in [1.82, 2.24) is 9.80 Å². The number of nitro benzene ring substituents is 1. The van der Waals surface area contributed by atoms with Crippen molar-refractivity contribution in [3.63, 3.8) is 0 Å². The smallest absolute Gasteiger partial charge is 0.311 e. The molecule has 2 aromatic carbocycles. The molecular formula is C29H42N4O4. The zero-order valence-electron chi connectivity index (χ0n) is 21.4. The first-order valence-corrected chi connectivity index (χ1v) is 13.2. The summed E-state index contributed by atoms with van der Waals surface area (Å²) in [5.41, 5.74) is 3.53. The van der Waals surface area contributed by atoms with E-state index >= 15 is 0 Å². The quantitative estimate of drug-likeness (QED) is 0.348. The van der Waals surface area contributed by atoms with Crippen LogP contribution in [0.3, 0.4) is 0 Å². The third kappa shape index (κ3) is 7.68. The molecule has 0 bridgehead atoms. The Balaban J connectivity index is 0.00000380. The number of nitrogens with one attached hydrogen (secondary N) is 1. The molecule has 2 fully saturated rings. The largest absolute Gasteiger partial charge is 0.487 e. The summed E-state index contributed by atoms with van der Waals surface area (Å²) in [6, 6.07) is 14.0. The van der Waals surface area contributed by atoms with Gasteiger partial charge in [-0.15, -0.1) is 0 Å². The van der Waals surface area contributed by atoms with E-state index in [1.165, 1.54) is 17.2 Å². The van der Waals surface area contributed by atoms with E-state index in [1.54, 1.807) is 12.1 Å². The summed E-state index contributed by atoms with van der Waals surface area (Å²) in [5.74, 6) is 1.15. The van der Waals surface area contributed by atoms with Gasteiger partial charge in [-0.3, -0.25) is 14.9 Å². The summed E-state index contributed by atoms with van der Waals surface area (Å²) in [7, 11) is 0. The molecule has 1 N–H and O–H groups in total. The first kappa shape index (κ1) is 28.4. The van der Waals surface area contributed by atoms with Crippen LogP contribution < -0.4 is 10.1 Å². The highest BCUT2D eigenvalue weighted by molar-refractivity contribution is 5.76. The number of benzene rings is 2. The lowest BCUT2D eigenvalue weighted by atomic mass is 9.89. The van der Waals surface area contributed by atoms with Crippen molar-refractivity contribution in [2.45, 2.75) is 65.3 Å². The van der Waals surface area contributed by atoms with E-state index < -0.39 is 4.92 Å². The van der Waals surface area contributed by atoms with Crippen LogP contribution in [0.4, 0.5) is 11.4 Å². The number of nitro groups is 1. The van der Waals surface area contributed by atoms with Crippen molar-refractivity contribution in [2.24, 2.45) is 0 Å². The number of aryl methyl sites for hydroxylation is 1. The Morgan fingerprint density at radius 1 is 1.05 bits per heavy atom. The molecule has 8 nitrogen and oxygen atoms in total. The number of anilines is 1. The van der Waals surface area contributed by atoms with Crippen LogP contribution in [0.2, 0.25) is 0 Å². The average Bonchev–Trinajstić information content (AvgIpc) is 2.89. The standard InChI is InChI=1S/C28H38N4O4.CH4/c1-3-36-27-20-25(8-9-26(27)32(34)35)29-24-12-18-31(19-13-24)28(33)14-17-30-15-10-23(11-16-30)22-6-4-21(2)5-7-22;/h4-9,20,23-24,29H,3,10-19H2,1-2H3;1H4. The molecule has 0 aliphatic carbocycles. The summed E-state index contributed by atoms with van der Waals surface area (Å²) in [6.07, 6.45) is 4.60. The Kier molecular flexibility index (Phi) is 10.3. The van der Waals surface area contributed by atoms with Gasteiger partial charge in [-0.1, -0.05) is 37.3 Å². The van der Waals surface area contributed by atoms with Crippen molar-refractivity contribution in [3.05, 3.63) is 63.7 Å². The molecule has 2 aromatic rings. The number of carbonyl (C=O) groups is 1. The number of amides is 1. The normalized spacial score (nSPS) is 17.2. The minimum absolute atomic E-state index is 0. The van der Waals surface area contributed by atoms with Crippen molar-refractivity contribution >= 4 is 17.3 Å². The summed E-state index contributed by atoms with van der Waals surface area (Å²) in [5, 5.41) is 14.7. The minimum Gasteiger partial charge on any atom is -0.487 e. The fourth-order valence-electron chi connectivity index (χ4n) is 5.28. The number of rotatable bonds is 9. The molecule has 0 unspecified atom stereocenters. The number of carbonyl (C=O) groups excluding carboxylic acids is 1. The van der Waals surface area contributed by atoms with E-state index in [0.717, 1.165) is 64.1 Å². The zero-order chi connectivity index (χ0) is 25.5. The third-order valence-electron chi connectivity index (χ3n) is 7.45. The first-order valence-electron chi connectivity index (χ1n) is 13.2. The summed E-state index contributed by atoms with van der Waals surface area (Å²) in [4.78, 5) is 28.0. The van der Waals surface area contributed by atoms with Crippen LogP contribution in [0.25, 0.3) is 0 Å². The molecule has 4 rings (SSSR count). The Bertz CT molecular complexity index is 1030. The predicted molar refractivity (Wildman–Crippen MR) is 148 cm³/mol. The number of ether oxygens (including phenoxy) is 1. The highest BCUT2D eigenvalue weighted by Gasteiger charge is 2.25. The van der Waals surface area contributed by atoms with E-state index in [4.69, 9.17) is 4.74 Å². The number of hydrogen-bond donors (Lipinski definition) is 1. The van der Waals surface area contributed by atoms with Crippen LogP contribution in [0.5, 0.6) is 5.75 Å². The van der Waals surface area contributed by atoms with Crippen molar-refractivity contribution in [1.29, 1.82) is 0 Å². The van der Waals surface area contributed by atoms with Crippen molar-refractivity contribution in [3.8, 4) is 5.75 Å². The van der Waals surface area contributed by atoms with Gasteiger partial charge in [-0.05, 0) is 70.2 Å². The fraction of sp³-hybridized carbons (Fsp3) is 0.552. The Hall–Kier alpha value is -3.13. The molecule has 0 spiro atoms. The van der Waals surface area contributed by atoms with Gasteiger partial charge in [0.05, 0.1) is 11.5 Å². The van der Waals surface area contributed by atoms with Crippen LogP contribution in [0.15, 0.2) is 42.5 Å². The third-order valence-corrected chi connectivity index (χ3v) is 7.45. The van der Waals surface area contributed by atoms with Gasteiger partial charge in [0.2, 0.25) is 5.91 Å².